The molecular weight excluding hydrogens is 305 g/mol. The standard InChI is InChI=1S/C17H12Cl2NO/c1-11-10-20(15-8-3-2-6-13(11)15)16(21)9-12-5-4-7-14(18)17(12)19/h2-8,10H,1,9H2. The van der Waals surface area contributed by atoms with Crippen LogP contribution in [0.5, 0.6) is 0 Å². The maximum absolute atomic E-state index is 12.5. The van der Waals surface area contributed by atoms with E-state index >= 15 is 0 Å². The Hall–Kier alpha value is -1.77. The fraction of sp³-hybridized carbons (Fsp3) is 0.0588. The van der Waals surface area contributed by atoms with Crippen LogP contribution in [0.3, 0.4) is 0 Å². The van der Waals surface area contributed by atoms with Gasteiger partial charge in [0.15, 0.2) is 0 Å². The average Bonchev–Trinajstić information content (AvgIpc) is 2.82. The molecule has 0 amide bonds. The quantitative estimate of drug-likeness (QED) is 0.651. The topological polar surface area (TPSA) is 22.0 Å². The van der Waals surface area contributed by atoms with Gasteiger partial charge in [0.25, 0.3) is 0 Å². The van der Waals surface area contributed by atoms with Gasteiger partial charge in [0, 0.05) is 11.6 Å². The monoisotopic (exact) mass is 316 g/mol. The molecule has 2 nitrogen and oxygen atoms in total. The summed E-state index contributed by atoms with van der Waals surface area (Å²) < 4.78 is 1.62. The van der Waals surface area contributed by atoms with Crippen LogP contribution in [0.25, 0.3) is 10.9 Å². The molecule has 1 radical (unpaired) electrons. The first-order chi connectivity index (χ1) is 10.1. The molecule has 0 aliphatic heterocycles. The minimum atomic E-state index is -0.0646. The first-order valence-electron chi connectivity index (χ1n) is 6.46. The third kappa shape index (κ3) is 2.57. The molecule has 0 spiro atoms. The molecule has 1 heterocycles. The van der Waals surface area contributed by atoms with Gasteiger partial charge in [-0.2, -0.15) is 0 Å². The maximum Gasteiger partial charge on any atom is 0.235 e. The Morgan fingerprint density at radius 1 is 1.10 bits per heavy atom. The van der Waals surface area contributed by atoms with Crippen LogP contribution in [0.2, 0.25) is 10.0 Å². The molecule has 0 aliphatic rings. The summed E-state index contributed by atoms with van der Waals surface area (Å²) in [6.07, 6.45) is 1.95. The number of aromatic nitrogens is 1. The van der Waals surface area contributed by atoms with Gasteiger partial charge >= 0.3 is 0 Å². The van der Waals surface area contributed by atoms with Crippen LogP contribution in [0.15, 0.2) is 48.7 Å². The van der Waals surface area contributed by atoms with Crippen LogP contribution in [-0.4, -0.2) is 10.5 Å². The van der Waals surface area contributed by atoms with E-state index in [1.165, 1.54) is 0 Å². The average molecular weight is 317 g/mol. The number of rotatable bonds is 2. The molecule has 3 aromatic rings. The van der Waals surface area contributed by atoms with E-state index in [0.29, 0.717) is 10.0 Å². The molecule has 0 atom stereocenters. The number of fused-ring (bicyclic) bond motifs is 1. The summed E-state index contributed by atoms with van der Waals surface area (Å²) in [5.41, 5.74) is 2.40. The van der Waals surface area contributed by atoms with Gasteiger partial charge in [0.1, 0.15) is 0 Å². The minimum absolute atomic E-state index is 0.0646. The Morgan fingerprint density at radius 2 is 1.86 bits per heavy atom. The number of carbonyl (C=O) groups is 1. The summed E-state index contributed by atoms with van der Waals surface area (Å²) in [4.78, 5) is 12.5. The number of para-hydroxylation sites is 1. The number of carbonyl (C=O) groups excluding carboxylic acids is 1. The summed E-state index contributed by atoms with van der Waals surface area (Å²) in [6.45, 7) is 3.97. The zero-order valence-electron chi connectivity index (χ0n) is 11.1. The third-order valence-corrected chi connectivity index (χ3v) is 4.29. The van der Waals surface area contributed by atoms with Crippen molar-refractivity contribution in [1.82, 2.24) is 4.57 Å². The molecule has 1 aromatic heterocycles. The van der Waals surface area contributed by atoms with E-state index in [0.717, 1.165) is 22.0 Å². The van der Waals surface area contributed by atoms with Crippen LogP contribution in [-0.2, 0) is 6.42 Å². The second kappa shape index (κ2) is 5.55. The van der Waals surface area contributed by atoms with E-state index in [1.807, 2.05) is 30.3 Å². The fourth-order valence-corrected chi connectivity index (χ4v) is 2.78. The summed E-state index contributed by atoms with van der Waals surface area (Å²) >= 11 is 12.1. The largest absolute Gasteiger partial charge is 0.287 e. The smallest absolute Gasteiger partial charge is 0.235 e. The van der Waals surface area contributed by atoms with E-state index in [9.17, 15) is 4.79 Å². The molecule has 0 fully saturated rings. The lowest BCUT2D eigenvalue weighted by molar-refractivity contribution is 0.0919. The van der Waals surface area contributed by atoms with Crippen LogP contribution in [0.1, 0.15) is 15.9 Å². The number of hydrogen-bond acceptors (Lipinski definition) is 1. The molecule has 105 valence electrons. The fourth-order valence-electron chi connectivity index (χ4n) is 2.39. The van der Waals surface area contributed by atoms with Crippen molar-refractivity contribution in [3.63, 3.8) is 0 Å². The summed E-state index contributed by atoms with van der Waals surface area (Å²) in [5.74, 6) is -0.0646. The molecule has 0 saturated heterocycles. The second-order valence-electron chi connectivity index (χ2n) is 4.82. The number of halogens is 2. The van der Waals surface area contributed by atoms with E-state index in [1.54, 1.807) is 22.9 Å². The molecule has 0 bridgehead atoms. The van der Waals surface area contributed by atoms with Crippen molar-refractivity contribution in [3.8, 4) is 0 Å². The van der Waals surface area contributed by atoms with Gasteiger partial charge in [-0.15, -0.1) is 0 Å². The normalized spacial score (nSPS) is 11.0. The van der Waals surface area contributed by atoms with Crippen molar-refractivity contribution in [2.24, 2.45) is 0 Å². The van der Waals surface area contributed by atoms with Gasteiger partial charge in [0.2, 0.25) is 5.91 Å². The SMILES string of the molecule is [CH2]c1cn(C(=O)Cc2cccc(Cl)c2Cl)c2ccccc12. The zero-order valence-corrected chi connectivity index (χ0v) is 12.7. The van der Waals surface area contributed by atoms with Crippen molar-refractivity contribution in [2.75, 3.05) is 0 Å². The van der Waals surface area contributed by atoms with Crippen LogP contribution in [0, 0.1) is 6.92 Å². The van der Waals surface area contributed by atoms with E-state index in [-0.39, 0.29) is 12.3 Å². The molecule has 4 heteroatoms. The van der Waals surface area contributed by atoms with Crippen molar-refractivity contribution >= 4 is 40.0 Å². The Labute approximate surface area is 132 Å². The van der Waals surface area contributed by atoms with Gasteiger partial charge in [-0.3, -0.25) is 9.36 Å². The lowest BCUT2D eigenvalue weighted by atomic mass is 10.1. The molecule has 0 aliphatic carbocycles. The molecule has 0 unspecified atom stereocenters. The molecule has 2 aromatic carbocycles. The van der Waals surface area contributed by atoms with Crippen molar-refractivity contribution in [3.05, 3.63) is 76.8 Å². The van der Waals surface area contributed by atoms with Crippen molar-refractivity contribution in [1.29, 1.82) is 0 Å². The first kappa shape index (κ1) is 14.2. The van der Waals surface area contributed by atoms with E-state index < -0.39 is 0 Å². The lowest BCUT2D eigenvalue weighted by Gasteiger charge is -2.07. The van der Waals surface area contributed by atoms with Crippen LogP contribution in [0.4, 0.5) is 0 Å². The van der Waals surface area contributed by atoms with E-state index in [4.69, 9.17) is 23.2 Å². The van der Waals surface area contributed by atoms with Gasteiger partial charge in [-0.25, -0.2) is 0 Å². The number of nitrogens with zero attached hydrogens (tertiary/aromatic N) is 1. The number of benzene rings is 2. The highest BCUT2D eigenvalue weighted by atomic mass is 35.5. The van der Waals surface area contributed by atoms with Gasteiger partial charge < -0.3 is 0 Å². The Morgan fingerprint density at radius 3 is 2.67 bits per heavy atom. The Bertz CT molecular complexity index is 836. The summed E-state index contributed by atoms with van der Waals surface area (Å²) in [5, 5.41) is 1.86. The van der Waals surface area contributed by atoms with Crippen LogP contribution < -0.4 is 0 Å². The lowest BCUT2D eigenvalue weighted by Crippen LogP contribution is -2.12. The highest BCUT2D eigenvalue weighted by Crippen LogP contribution is 2.27. The highest BCUT2D eigenvalue weighted by Gasteiger charge is 2.14. The molecule has 0 saturated carbocycles. The van der Waals surface area contributed by atoms with Crippen LogP contribution >= 0.6 is 23.2 Å². The predicted molar refractivity (Wildman–Crippen MR) is 87.2 cm³/mol. The molecule has 3 rings (SSSR count). The Kier molecular flexibility index (Phi) is 3.75. The van der Waals surface area contributed by atoms with Crippen molar-refractivity contribution < 1.29 is 4.79 Å². The number of hydrogen-bond donors (Lipinski definition) is 0. The summed E-state index contributed by atoms with van der Waals surface area (Å²) in [6, 6.07) is 13.0. The summed E-state index contributed by atoms with van der Waals surface area (Å²) in [7, 11) is 0. The van der Waals surface area contributed by atoms with E-state index in [2.05, 4.69) is 6.92 Å². The van der Waals surface area contributed by atoms with Gasteiger partial charge in [-0.1, -0.05) is 53.5 Å². The van der Waals surface area contributed by atoms with Gasteiger partial charge in [0.05, 0.1) is 22.0 Å². The molecular formula is C17H12Cl2NO. The van der Waals surface area contributed by atoms with Crippen molar-refractivity contribution in [2.45, 2.75) is 6.42 Å². The molecule has 21 heavy (non-hydrogen) atoms. The zero-order chi connectivity index (χ0) is 15.0. The Balaban J connectivity index is 2.00. The third-order valence-electron chi connectivity index (χ3n) is 3.44. The predicted octanol–water partition coefficient (Wildman–Crippen LogP) is 5.01. The molecule has 0 N–H and O–H groups in total. The highest BCUT2D eigenvalue weighted by molar-refractivity contribution is 6.42. The van der Waals surface area contributed by atoms with Gasteiger partial charge in [-0.05, 0) is 30.2 Å². The first-order valence-corrected chi connectivity index (χ1v) is 7.21. The maximum atomic E-state index is 12.5. The minimum Gasteiger partial charge on any atom is -0.287 e. The second-order valence-corrected chi connectivity index (χ2v) is 5.61.